The highest BCUT2D eigenvalue weighted by atomic mass is 32.2. The lowest BCUT2D eigenvalue weighted by Crippen LogP contribution is -1.88. The second kappa shape index (κ2) is 3.56. The maximum atomic E-state index is 4.08. The van der Waals surface area contributed by atoms with E-state index in [1.807, 2.05) is 12.3 Å². The van der Waals surface area contributed by atoms with E-state index < -0.39 is 0 Å². The molecule has 0 saturated carbocycles. The van der Waals surface area contributed by atoms with Gasteiger partial charge in [0.2, 0.25) is 0 Å². The standard InChI is InChI=1S/C7H10N2S/c1-3-6-4-7(10-2)9-5-8-6/h4-5H,3H2,1-2H3. The van der Waals surface area contributed by atoms with Gasteiger partial charge in [-0.15, -0.1) is 11.8 Å². The molecular weight excluding hydrogens is 144 g/mol. The second-order valence-corrected chi connectivity index (χ2v) is 2.73. The first-order chi connectivity index (χ1) is 4.86. The Balaban J connectivity index is 2.87. The van der Waals surface area contributed by atoms with Crippen molar-refractivity contribution in [1.82, 2.24) is 9.97 Å². The zero-order chi connectivity index (χ0) is 7.40. The van der Waals surface area contributed by atoms with Crippen molar-refractivity contribution in [2.75, 3.05) is 6.26 Å². The van der Waals surface area contributed by atoms with Crippen molar-refractivity contribution in [3.05, 3.63) is 18.1 Å². The molecule has 54 valence electrons. The Labute approximate surface area is 65.1 Å². The molecule has 0 aliphatic rings. The summed E-state index contributed by atoms with van der Waals surface area (Å²) in [4.78, 5) is 8.14. The van der Waals surface area contributed by atoms with Gasteiger partial charge in [0.15, 0.2) is 0 Å². The Kier molecular flexibility index (Phi) is 2.68. The van der Waals surface area contributed by atoms with Crippen LogP contribution in [0.2, 0.25) is 0 Å². The maximum Gasteiger partial charge on any atom is 0.116 e. The van der Waals surface area contributed by atoms with E-state index in [4.69, 9.17) is 0 Å². The van der Waals surface area contributed by atoms with Gasteiger partial charge in [0.25, 0.3) is 0 Å². The van der Waals surface area contributed by atoms with Crippen molar-refractivity contribution in [3.8, 4) is 0 Å². The lowest BCUT2D eigenvalue weighted by atomic mass is 10.3. The Hall–Kier alpha value is -0.570. The molecule has 1 heterocycles. The summed E-state index contributed by atoms with van der Waals surface area (Å²) >= 11 is 1.65. The molecule has 10 heavy (non-hydrogen) atoms. The van der Waals surface area contributed by atoms with Crippen LogP contribution in [0.25, 0.3) is 0 Å². The van der Waals surface area contributed by atoms with Crippen LogP contribution in [0.3, 0.4) is 0 Å². The monoisotopic (exact) mass is 154 g/mol. The number of nitrogens with zero attached hydrogens (tertiary/aromatic N) is 2. The molecule has 0 atom stereocenters. The van der Waals surface area contributed by atoms with E-state index in [9.17, 15) is 0 Å². The quantitative estimate of drug-likeness (QED) is 0.479. The van der Waals surface area contributed by atoms with Gasteiger partial charge in [-0.25, -0.2) is 9.97 Å². The molecular formula is C7H10N2S. The third-order valence-electron chi connectivity index (χ3n) is 1.27. The second-order valence-electron chi connectivity index (χ2n) is 1.91. The van der Waals surface area contributed by atoms with Crippen molar-refractivity contribution in [2.24, 2.45) is 0 Å². The third kappa shape index (κ3) is 1.70. The molecule has 2 nitrogen and oxygen atoms in total. The van der Waals surface area contributed by atoms with Gasteiger partial charge in [-0.3, -0.25) is 0 Å². The van der Waals surface area contributed by atoms with Crippen molar-refractivity contribution in [3.63, 3.8) is 0 Å². The Morgan fingerprint density at radius 1 is 1.50 bits per heavy atom. The van der Waals surface area contributed by atoms with Gasteiger partial charge in [-0.2, -0.15) is 0 Å². The van der Waals surface area contributed by atoms with Gasteiger partial charge in [0.05, 0.1) is 5.03 Å². The minimum Gasteiger partial charge on any atom is -0.241 e. The third-order valence-corrected chi connectivity index (χ3v) is 1.91. The first-order valence-corrected chi connectivity index (χ1v) is 4.44. The topological polar surface area (TPSA) is 25.8 Å². The highest BCUT2D eigenvalue weighted by Crippen LogP contribution is 2.10. The molecule has 0 amide bonds. The number of aryl methyl sites for hydroxylation is 1. The van der Waals surface area contributed by atoms with E-state index in [-0.39, 0.29) is 0 Å². The van der Waals surface area contributed by atoms with Crippen molar-refractivity contribution in [2.45, 2.75) is 18.4 Å². The zero-order valence-corrected chi connectivity index (χ0v) is 6.98. The first kappa shape index (κ1) is 7.54. The molecule has 0 saturated heterocycles. The van der Waals surface area contributed by atoms with Crippen molar-refractivity contribution < 1.29 is 0 Å². The predicted molar refractivity (Wildman–Crippen MR) is 43.2 cm³/mol. The van der Waals surface area contributed by atoms with Crippen molar-refractivity contribution in [1.29, 1.82) is 0 Å². The number of hydrogen-bond acceptors (Lipinski definition) is 3. The van der Waals surface area contributed by atoms with E-state index in [1.54, 1.807) is 18.1 Å². The van der Waals surface area contributed by atoms with Crippen LogP contribution in [0.1, 0.15) is 12.6 Å². The molecule has 0 radical (unpaired) electrons. The fourth-order valence-electron chi connectivity index (χ4n) is 0.682. The van der Waals surface area contributed by atoms with E-state index in [0.717, 1.165) is 17.1 Å². The average Bonchev–Trinajstić information content (AvgIpc) is 2.05. The number of thioether (sulfide) groups is 1. The Bertz CT molecular complexity index is 193. The largest absolute Gasteiger partial charge is 0.241 e. The van der Waals surface area contributed by atoms with E-state index in [1.165, 1.54) is 0 Å². The van der Waals surface area contributed by atoms with Crippen LogP contribution in [0, 0.1) is 0 Å². The summed E-state index contributed by atoms with van der Waals surface area (Å²) in [5, 5.41) is 1.05. The van der Waals surface area contributed by atoms with Gasteiger partial charge < -0.3 is 0 Å². The molecule has 1 aromatic heterocycles. The van der Waals surface area contributed by atoms with Gasteiger partial charge >= 0.3 is 0 Å². The number of hydrogen-bond donors (Lipinski definition) is 0. The molecule has 0 aromatic carbocycles. The van der Waals surface area contributed by atoms with Crippen LogP contribution in [0.4, 0.5) is 0 Å². The molecule has 0 N–H and O–H groups in total. The minimum absolute atomic E-state index is 0.982. The summed E-state index contributed by atoms with van der Waals surface area (Å²) in [5.41, 5.74) is 1.11. The zero-order valence-electron chi connectivity index (χ0n) is 6.16. The predicted octanol–water partition coefficient (Wildman–Crippen LogP) is 1.76. The lowest BCUT2D eigenvalue weighted by Gasteiger charge is -1.96. The number of rotatable bonds is 2. The average molecular weight is 154 g/mol. The van der Waals surface area contributed by atoms with Crippen molar-refractivity contribution >= 4 is 11.8 Å². The van der Waals surface area contributed by atoms with Crippen LogP contribution in [0.15, 0.2) is 17.4 Å². The normalized spacial score (nSPS) is 9.80. The van der Waals surface area contributed by atoms with Gasteiger partial charge in [-0.1, -0.05) is 6.92 Å². The SMILES string of the molecule is CCc1cc(SC)ncn1. The molecule has 0 unspecified atom stereocenters. The van der Waals surface area contributed by atoms with E-state index in [0.29, 0.717) is 0 Å². The van der Waals surface area contributed by atoms with E-state index >= 15 is 0 Å². The minimum atomic E-state index is 0.982. The van der Waals surface area contributed by atoms with Crippen LogP contribution < -0.4 is 0 Å². The summed E-state index contributed by atoms with van der Waals surface area (Å²) < 4.78 is 0. The highest BCUT2D eigenvalue weighted by Gasteiger charge is 1.92. The summed E-state index contributed by atoms with van der Waals surface area (Å²) in [6.07, 6.45) is 4.61. The summed E-state index contributed by atoms with van der Waals surface area (Å²) in [5.74, 6) is 0. The van der Waals surface area contributed by atoms with Gasteiger partial charge in [0, 0.05) is 5.69 Å². The summed E-state index contributed by atoms with van der Waals surface area (Å²) in [7, 11) is 0. The van der Waals surface area contributed by atoms with Crippen LogP contribution in [0.5, 0.6) is 0 Å². The maximum absolute atomic E-state index is 4.08. The molecule has 0 aliphatic carbocycles. The summed E-state index contributed by atoms with van der Waals surface area (Å²) in [6.45, 7) is 2.09. The highest BCUT2D eigenvalue weighted by molar-refractivity contribution is 7.98. The van der Waals surface area contributed by atoms with Gasteiger partial charge in [0.1, 0.15) is 6.33 Å². The van der Waals surface area contributed by atoms with Crippen LogP contribution in [-0.2, 0) is 6.42 Å². The van der Waals surface area contributed by atoms with Crippen LogP contribution >= 0.6 is 11.8 Å². The van der Waals surface area contributed by atoms with E-state index in [2.05, 4.69) is 16.9 Å². The smallest absolute Gasteiger partial charge is 0.116 e. The number of aromatic nitrogens is 2. The van der Waals surface area contributed by atoms with Gasteiger partial charge in [-0.05, 0) is 18.7 Å². The molecule has 0 bridgehead atoms. The molecule has 0 fully saturated rings. The Morgan fingerprint density at radius 3 is 2.90 bits per heavy atom. The molecule has 0 spiro atoms. The Morgan fingerprint density at radius 2 is 2.30 bits per heavy atom. The molecule has 3 heteroatoms. The van der Waals surface area contributed by atoms with Crippen LogP contribution in [-0.4, -0.2) is 16.2 Å². The molecule has 1 rings (SSSR count). The summed E-state index contributed by atoms with van der Waals surface area (Å²) in [6, 6.07) is 2.02. The lowest BCUT2D eigenvalue weighted by molar-refractivity contribution is 0.947. The molecule has 1 aromatic rings. The molecule has 0 aliphatic heterocycles. The fraction of sp³-hybridized carbons (Fsp3) is 0.429. The fourth-order valence-corrected chi connectivity index (χ4v) is 1.09. The first-order valence-electron chi connectivity index (χ1n) is 3.21.